The van der Waals surface area contributed by atoms with Crippen molar-refractivity contribution in [1.82, 2.24) is 9.78 Å². The molecule has 0 atom stereocenters. The summed E-state index contributed by atoms with van der Waals surface area (Å²) in [4.78, 5) is 0. The molecule has 2 aromatic rings. The number of hydrogen-bond donors (Lipinski definition) is 0. The summed E-state index contributed by atoms with van der Waals surface area (Å²) >= 11 is 0. The van der Waals surface area contributed by atoms with E-state index in [1.807, 2.05) is 13.0 Å². The zero-order valence-electron chi connectivity index (χ0n) is 8.70. The van der Waals surface area contributed by atoms with E-state index < -0.39 is 0 Å². The van der Waals surface area contributed by atoms with E-state index in [1.54, 1.807) is 4.68 Å². The van der Waals surface area contributed by atoms with Crippen LogP contribution < -0.4 is 0 Å². The third-order valence-corrected chi connectivity index (χ3v) is 2.23. The first-order valence-electron chi connectivity index (χ1n) is 4.69. The minimum Gasteiger partial charge on any atom is -0.231 e. The Balaban J connectivity index is 2.52. The third-order valence-electron chi connectivity index (χ3n) is 2.23. The van der Waals surface area contributed by atoms with Gasteiger partial charge < -0.3 is 0 Å². The number of hydrogen-bond acceptors (Lipinski definition) is 1. The second-order valence-electron chi connectivity index (χ2n) is 3.62. The van der Waals surface area contributed by atoms with Gasteiger partial charge in [0.1, 0.15) is 0 Å². The molecule has 0 bridgehead atoms. The fourth-order valence-corrected chi connectivity index (χ4v) is 1.54. The number of benzene rings is 1. The van der Waals surface area contributed by atoms with Gasteiger partial charge in [-0.2, -0.15) is 5.10 Å². The first kappa shape index (κ1) is 9.00. The molecule has 0 unspecified atom stereocenters. The maximum absolute atomic E-state index is 4.33. The van der Waals surface area contributed by atoms with Crippen LogP contribution in [0.5, 0.6) is 0 Å². The van der Waals surface area contributed by atoms with Gasteiger partial charge in [0.15, 0.2) is 0 Å². The van der Waals surface area contributed by atoms with Gasteiger partial charge in [-0.05, 0) is 38.5 Å². The van der Waals surface area contributed by atoms with E-state index in [-0.39, 0.29) is 0 Å². The van der Waals surface area contributed by atoms with Crippen molar-refractivity contribution in [2.24, 2.45) is 0 Å². The molecule has 0 aliphatic rings. The van der Waals surface area contributed by atoms with Gasteiger partial charge in [0.25, 0.3) is 0 Å². The normalized spacial score (nSPS) is 10.5. The molecule has 2 heteroatoms. The van der Waals surface area contributed by atoms with Gasteiger partial charge in [-0.1, -0.05) is 17.7 Å². The predicted octanol–water partition coefficient (Wildman–Crippen LogP) is 2.60. The largest absolute Gasteiger partial charge is 0.231 e. The highest BCUT2D eigenvalue weighted by Gasteiger charge is 2.02. The molecule has 0 N–H and O–H groups in total. The standard InChI is InChI=1S/C12H13N2/c1-9-4-5-12(10(2)8-9)14-7-6-11(3)13-14/h4-6,8H,1-3H3. The van der Waals surface area contributed by atoms with Gasteiger partial charge in [0, 0.05) is 0 Å². The molecule has 0 spiro atoms. The molecule has 0 saturated carbocycles. The predicted molar refractivity (Wildman–Crippen MR) is 56.6 cm³/mol. The van der Waals surface area contributed by atoms with Crippen LogP contribution in [-0.2, 0) is 0 Å². The van der Waals surface area contributed by atoms with E-state index in [4.69, 9.17) is 0 Å². The molecule has 0 aliphatic heterocycles. The Bertz CT molecular complexity index is 455. The Kier molecular flexibility index (Phi) is 2.12. The van der Waals surface area contributed by atoms with E-state index >= 15 is 0 Å². The average molecular weight is 185 g/mol. The smallest absolute Gasteiger partial charge is 0.0929 e. The van der Waals surface area contributed by atoms with Gasteiger partial charge in [-0.25, -0.2) is 4.68 Å². The summed E-state index contributed by atoms with van der Waals surface area (Å²) in [7, 11) is 0. The second-order valence-corrected chi connectivity index (χ2v) is 3.62. The Morgan fingerprint density at radius 3 is 2.57 bits per heavy atom. The summed E-state index contributed by atoms with van der Waals surface area (Å²) in [6.45, 7) is 6.15. The third kappa shape index (κ3) is 1.55. The number of aryl methyl sites for hydroxylation is 3. The van der Waals surface area contributed by atoms with Crippen molar-refractivity contribution in [3.63, 3.8) is 0 Å². The number of rotatable bonds is 1. The van der Waals surface area contributed by atoms with E-state index in [0.717, 1.165) is 11.4 Å². The topological polar surface area (TPSA) is 17.8 Å². The van der Waals surface area contributed by atoms with Gasteiger partial charge in [-0.3, -0.25) is 0 Å². The van der Waals surface area contributed by atoms with Crippen molar-refractivity contribution in [2.75, 3.05) is 0 Å². The molecule has 1 radical (unpaired) electrons. The molecule has 71 valence electrons. The molecule has 1 heterocycles. The molecule has 0 saturated heterocycles. The Labute approximate surface area is 84.2 Å². The van der Waals surface area contributed by atoms with Gasteiger partial charge in [0.2, 0.25) is 0 Å². The van der Waals surface area contributed by atoms with Crippen molar-refractivity contribution in [3.8, 4) is 5.69 Å². The highest BCUT2D eigenvalue weighted by atomic mass is 15.3. The van der Waals surface area contributed by atoms with Crippen LogP contribution in [0.15, 0.2) is 24.3 Å². The second kappa shape index (κ2) is 3.29. The van der Waals surface area contributed by atoms with Gasteiger partial charge >= 0.3 is 0 Å². The zero-order chi connectivity index (χ0) is 10.1. The summed E-state index contributed by atoms with van der Waals surface area (Å²) in [5, 5.41) is 4.33. The van der Waals surface area contributed by atoms with E-state index in [0.29, 0.717) is 0 Å². The molecule has 2 rings (SSSR count). The fraction of sp³-hybridized carbons (Fsp3) is 0.250. The lowest BCUT2D eigenvalue weighted by molar-refractivity contribution is 0.849. The Morgan fingerprint density at radius 1 is 1.21 bits per heavy atom. The zero-order valence-corrected chi connectivity index (χ0v) is 8.70. The fourth-order valence-electron chi connectivity index (χ4n) is 1.54. The van der Waals surface area contributed by atoms with Crippen LogP contribution in [0.25, 0.3) is 5.69 Å². The van der Waals surface area contributed by atoms with Crippen LogP contribution in [0, 0.1) is 27.0 Å². The van der Waals surface area contributed by atoms with E-state index in [9.17, 15) is 0 Å². The van der Waals surface area contributed by atoms with Crippen LogP contribution in [0.3, 0.4) is 0 Å². The average Bonchev–Trinajstić information content (AvgIpc) is 2.51. The summed E-state index contributed by atoms with van der Waals surface area (Å²) in [5.41, 5.74) is 4.59. The molecule has 1 aromatic heterocycles. The minimum atomic E-state index is 0.991. The molecular formula is C12H13N2. The first-order valence-corrected chi connectivity index (χ1v) is 4.69. The Hall–Kier alpha value is -1.57. The van der Waals surface area contributed by atoms with Crippen molar-refractivity contribution < 1.29 is 0 Å². The van der Waals surface area contributed by atoms with Crippen molar-refractivity contribution in [3.05, 3.63) is 47.3 Å². The first-order chi connectivity index (χ1) is 6.66. The molecule has 0 amide bonds. The summed E-state index contributed by atoms with van der Waals surface area (Å²) in [5.74, 6) is 0. The van der Waals surface area contributed by atoms with Crippen LogP contribution in [0.2, 0.25) is 0 Å². The monoisotopic (exact) mass is 185 g/mol. The maximum atomic E-state index is 4.33. The van der Waals surface area contributed by atoms with Crippen LogP contribution in [0.1, 0.15) is 16.8 Å². The Morgan fingerprint density at radius 2 is 2.00 bits per heavy atom. The maximum Gasteiger partial charge on any atom is 0.0929 e. The summed E-state index contributed by atoms with van der Waals surface area (Å²) in [6, 6.07) is 8.21. The van der Waals surface area contributed by atoms with Crippen LogP contribution >= 0.6 is 0 Å². The lowest BCUT2D eigenvalue weighted by Crippen LogP contribution is -1.98. The van der Waals surface area contributed by atoms with Crippen LogP contribution in [0.4, 0.5) is 0 Å². The molecule has 14 heavy (non-hydrogen) atoms. The summed E-state index contributed by atoms with van der Waals surface area (Å²) in [6.07, 6.45) is 3.09. The minimum absolute atomic E-state index is 0.991. The lowest BCUT2D eigenvalue weighted by Gasteiger charge is -2.05. The highest BCUT2D eigenvalue weighted by molar-refractivity contribution is 5.41. The van der Waals surface area contributed by atoms with Gasteiger partial charge in [-0.15, -0.1) is 0 Å². The highest BCUT2D eigenvalue weighted by Crippen LogP contribution is 2.14. The molecule has 2 nitrogen and oxygen atoms in total. The van der Waals surface area contributed by atoms with Crippen molar-refractivity contribution >= 4 is 0 Å². The van der Waals surface area contributed by atoms with Gasteiger partial charge in [0.05, 0.1) is 17.6 Å². The molecular weight excluding hydrogens is 172 g/mol. The van der Waals surface area contributed by atoms with Crippen molar-refractivity contribution in [2.45, 2.75) is 20.8 Å². The summed E-state index contributed by atoms with van der Waals surface area (Å²) < 4.78 is 1.80. The molecule has 0 fully saturated rings. The van der Waals surface area contributed by atoms with E-state index in [2.05, 4.69) is 43.3 Å². The number of aromatic nitrogens is 2. The quantitative estimate of drug-likeness (QED) is 0.667. The lowest BCUT2D eigenvalue weighted by atomic mass is 10.1. The number of nitrogens with zero attached hydrogens (tertiary/aromatic N) is 2. The van der Waals surface area contributed by atoms with Crippen molar-refractivity contribution in [1.29, 1.82) is 0 Å². The molecule has 1 aromatic carbocycles. The van der Waals surface area contributed by atoms with E-state index in [1.165, 1.54) is 11.1 Å². The molecule has 0 aliphatic carbocycles. The van der Waals surface area contributed by atoms with Crippen LogP contribution in [-0.4, -0.2) is 9.78 Å². The SMILES string of the molecule is Cc1ccc(-n2[c]cc(C)n2)c(C)c1.